The van der Waals surface area contributed by atoms with E-state index in [1.165, 1.54) is 19.3 Å². The molecule has 1 aromatic rings. The van der Waals surface area contributed by atoms with Crippen molar-refractivity contribution in [3.63, 3.8) is 0 Å². The summed E-state index contributed by atoms with van der Waals surface area (Å²) in [6, 6.07) is 6.87. The molecule has 1 saturated heterocycles. The highest BCUT2D eigenvalue weighted by atomic mass is 16.2. The van der Waals surface area contributed by atoms with Crippen molar-refractivity contribution in [1.29, 1.82) is 0 Å². The highest BCUT2D eigenvalue weighted by Crippen LogP contribution is 2.24. The van der Waals surface area contributed by atoms with Gasteiger partial charge in [-0.2, -0.15) is 0 Å². The molecule has 2 heterocycles. The third kappa shape index (κ3) is 5.25. The lowest BCUT2D eigenvalue weighted by Crippen LogP contribution is -2.49. The molecule has 3 rings (SSSR count). The van der Waals surface area contributed by atoms with Crippen LogP contribution in [0.1, 0.15) is 50.6 Å². The first kappa shape index (κ1) is 18.3. The number of likely N-dealkylation sites (N-methyl/N-ethyl adjacent to an activating group) is 1. The summed E-state index contributed by atoms with van der Waals surface area (Å²) in [5.74, 6) is 0.263. The fourth-order valence-electron chi connectivity index (χ4n) is 4.16. The molecule has 1 N–H and O–H groups in total. The zero-order valence-corrected chi connectivity index (χ0v) is 15.5. The molecule has 5 heteroatoms. The molecule has 0 atom stereocenters. The molecule has 1 aliphatic carbocycles. The Morgan fingerprint density at radius 2 is 1.88 bits per heavy atom. The van der Waals surface area contributed by atoms with Crippen LogP contribution in [0.2, 0.25) is 0 Å². The molecule has 1 amide bonds. The lowest BCUT2D eigenvalue weighted by molar-refractivity contribution is -0.136. The first-order valence-electron chi connectivity index (χ1n) is 9.84. The number of carbonyl (C=O) groups is 1. The van der Waals surface area contributed by atoms with E-state index >= 15 is 0 Å². The van der Waals surface area contributed by atoms with E-state index in [1.807, 2.05) is 24.4 Å². The van der Waals surface area contributed by atoms with Gasteiger partial charge in [0.2, 0.25) is 5.91 Å². The molecule has 0 spiro atoms. The molecule has 1 aliphatic heterocycles. The zero-order valence-electron chi connectivity index (χ0n) is 15.5. The van der Waals surface area contributed by atoms with Crippen molar-refractivity contribution in [2.45, 2.75) is 63.6 Å². The number of piperidine rings is 1. The number of rotatable bonds is 6. The summed E-state index contributed by atoms with van der Waals surface area (Å²) in [4.78, 5) is 22.0. The summed E-state index contributed by atoms with van der Waals surface area (Å²) in [6.07, 6.45) is 10.1. The van der Waals surface area contributed by atoms with Gasteiger partial charge in [0.05, 0.1) is 18.8 Å². The Balaban J connectivity index is 1.65. The van der Waals surface area contributed by atoms with E-state index in [0.29, 0.717) is 25.2 Å². The summed E-state index contributed by atoms with van der Waals surface area (Å²) in [6.45, 7) is 3.28. The highest BCUT2D eigenvalue weighted by Gasteiger charge is 2.28. The maximum atomic E-state index is 13.1. The predicted octanol–water partition coefficient (Wildman–Crippen LogP) is 2.43. The summed E-state index contributed by atoms with van der Waals surface area (Å²) in [7, 11) is 2.10. The molecule has 0 aromatic carbocycles. The Morgan fingerprint density at radius 1 is 1.12 bits per heavy atom. The fraction of sp³-hybridized carbons (Fsp3) is 0.700. The van der Waals surface area contributed by atoms with Crippen LogP contribution in [0.4, 0.5) is 0 Å². The summed E-state index contributed by atoms with van der Waals surface area (Å²) in [5, 5.41) is 3.40. The molecule has 0 radical (unpaired) electrons. The topological polar surface area (TPSA) is 48.5 Å². The van der Waals surface area contributed by atoms with Crippen LogP contribution in [0.5, 0.6) is 0 Å². The van der Waals surface area contributed by atoms with Crippen molar-refractivity contribution >= 4 is 5.91 Å². The number of nitrogens with zero attached hydrogens (tertiary/aromatic N) is 3. The van der Waals surface area contributed by atoms with Gasteiger partial charge in [0.1, 0.15) is 0 Å². The van der Waals surface area contributed by atoms with Gasteiger partial charge in [-0.1, -0.05) is 25.3 Å². The standard InChI is InChI=1S/C20H32N4O/c1-23(18-10-13-21-14-11-18)16-20(25)24(19-8-3-2-4-9-19)15-17-7-5-6-12-22-17/h5-7,12,18-19,21H,2-4,8-11,13-16H2,1H3. The van der Waals surface area contributed by atoms with Crippen molar-refractivity contribution in [2.75, 3.05) is 26.7 Å². The van der Waals surface area contributed by atoms with Gasteiger partial charge in [-0.3, -0.25) is 14.7 Å². The minimum absolute atomic E-state index is 0.263. The minimum atomic E-state index is 0.263. The summed E-state index contributed by atoms with van der Waals surface area (Å²) in [5.41, 5.74) is 0.992. The smallest absolute Gasteiger partial charge is 0.237 e. The Morgan fingerprint density at radius 3 is 2.56 bits per heavy atom. The van der Waals surface area contributed by atoms with Crippen molar-refractivity contribution in [3.05, 3.63) is 30.1 Å². The van der Waals surface area contributed by atoms with E-state index in [1.54, 1.807) is 0 Å². The molecule has 0 unspecified atom stereocenters. The van der Waals surface area contributed by atoms with Gasteiger partial charge in [0.25, 0.3) is 0 Å². The SMILES string of the molecule is CN(CC(=O)N(Cc1ccccn1)C1CCCCC1)C1CCNCC1. The van der Waals surface area contributed by atoms with Crippen molar-refractivity contribution in [1.82, 2.24) is 20.1 Å². The van der Waals surface area contributed by atoms with Gasteiger partial charge in [0, 0.05) is 18.3 Å². The Bertz CT molecular complexity index is 524. The van der Waals surface area contributed by atoms with Gasteiger partial charge in [-0.25, -0.2) is 0 Å². The van der Waals surface area contributed by atoms with Crippen LogP contribution in [-0.2, 0) is 11.3 Å². The molecule has 5 nitrogen and oxygen atoms in total. The second kappa shape index (κ2) is 9.30. The number of hydrogen-bond donors (Lipinski definition) is 1. The second-order valence-electron chi connectivity index (χ2n) is 7.53. The number of hydrogen-bond acceptors (Lipinski definition) is 4. The lowest BCUT2D eigenvalue weighted by atomic mass is 9.94. The van der Waals surface area contributed by atoms with Gasteiger partial charge in [-0.05, 0) is 58.0 Å². The van der Waals surface area contributed by atoms with Crippen LogP contribution in [0.15, 0.2) is 24.4 Å². The van der Waals surface area contributed by atoms with Gasteiger partial charge < -0.3 is 10.2 Å². The fourth-order valence-corrected chi connectivity index (χ4v) is 4.16. The molecule has 1 aromatic heterocycles. The van der Waals surface area contributed by atoms with Gasteiger partial charge in [0.15, 0.2) is 0 Å². The van der Waals surface area contributed by atoms with E-state index in [-0.39, 0.29) is 5.91 Å². The predicted molar refractivity (Wildman–Crippen MR) is 100 cm³/mol. The average molecular weight is 345 g/mol. The van der Waals surface area contributed by atoms with Crippen molar-refractivity contribution in [3.8, 4) is 0 Å². The van der Waals surface area contributed by atoms with Crippen LogP contribution >= 0.6 is 0 Å². The number of nitrogens with one attached hydrogen (secondary N) is 1. The number of amides is 1. The van der Waals surface area contributed by atoms with E-state index < -0.39 is 0 Å². The van der Waals surface area contributed by atoms with Crippen molar-refractivity contribution in [2.24, 2.45) is 0 Å². The largest absolute Gasteiger partial charge is 0.333 e. The van der Waals surface area contributed by atoms with Crippen LogP contribution in [0.3, 0.4) is 0 Å². The Kier molecular flexibility index (Phi) is 6.82. The second-order valence-corrected chi connectivity index (χ2v) is 7.53. The summed E-state index contributed by atoms with van der Waals surface area (Å²) < 4.78 is 0. The Hall–Kier alpha value is -1.46. The molecule has 1 saturated carbocycles. The van der Waals surface area contributed by atoms with Gasteiger partial charge in [-0.15, -0.1) is 0 Å². The highest BCUT2D eigenvalue weighted by molar-refractivity contribution is 5.78. The van der Waals surface area contributed by atoms with E-state index in [0.717, 1.165) is 44.5 Å². The molecule has 2 fully saturated rings. The zero-order chi connectivity index (χ0) is 17.5. The Labute approximate surface area is 151 Å². The quantitative estimate of drug-likeness (QED) is 0.861. The number of pyridine rings is 1. The van der Waals surface area contributed by atoms with E-state index in [2.05, 4.69) is 27.1 Å². The van der Waals surface area contributed by atoms with Crippen LogP contribution in [0, 0.1) is 0 Å². The van der Waals surface area contributed by atoms with E-state index in [9.17, 15) is 4.79 Å². The number of aromatic nitrogens is 1. The molecule has 0 bridgehead atoms. The van der Waals surface area contributed by atoms with Crippen LogP contribution in [0.25, 0.3) is 0 Å². The number of carbonyl (C=O) groups excluding carboxylic acids is 1. The molecular formula is C20H32N4O. The minimum Gasteiger partial charge on any atom is -0.333 e. The molecular weight excluding hydrogens is 312 g/mol. The lowest BCUT2D eigenvalue weighted by Gasteiger charge is -2.37. The molecule has 25 heavy (non-hydrogen) atoms. The molecule has 138 valence electrons. The normalized spacial score (nSPS) is 19.9. The average Bonchev–Trinajstić information content (AvgIpc) is 2.68. The van der Waals surface area contributed by atoms with Gasteiger partial charge >= 0.3 is 0 Å². The monoisotopic (exact) mass is 344 g/mol. The van der Waals surface area contributed by atoms with Crippen LogP contribution < -0.4 is 5.32 Å². The first-order valence-corrected chi connectivity index (χ1v) is 9.84. The maximum absolute atomic E-state index is 13.1. The van der Waals surface area contributed by atoms with E-state index in [4.69, 9.17) is 0 Å². The van der Waals surface area contributed by atoms with Crippen LogP contribution in [-0.4, -0.2) is 59.5 Å². The first-order chi connectivity index (χ1) is 12.2. The molecule has 2 aliphatic rings. The maximum Gasteiger partial charge on any atom is 0.237 e. The summed E-state index contributed by atoms with van der Waals surface area (Å²) >= 11 is 0. The third-order valence-corrected chi connectivity index (χ3v) is 5.71. The third-order valence-electron chi connectivity index (χ3n) is 5.71. The van der Waals surface area contributed by atoms with Crippen molar-refractivity contribution < 1.29 is 4.79 Å².